The van der Waals surface area contributed by atoms with E-state index < -0.39 is 0 Å². The number of nitrogens with zero attached hydrogens (tertiary/aromatic N) is 4. The number of aryl methyl sites for hydroxylation is 2. The molecule has 0 unspecified atom stereocenters. The molecule has 0 fully saturated rings. The number of hydrogen-bond acceptors (Lipinski definition) is 5. The number of benzene rings is 1. The first-order valence-corrected chi connectivity index (χ1v) is 7.58. The largest absolute Gasteiger partial charge is 0.312 e. The zero-order valence-electron chi connectivity index (χ0n) is 12.4. The van der Waals surface area contributed by atoms with Crippen LogP contribution in [0.1, 0.15) is 25.0 Å². The number of nitrogens with one attached hydrogen (secondary N) is 1. The average Bonchev–Trinajstić information content (AvgIpc) is 2.77. The summed E-state index contributed by atoms with van der Waals surface area (Å²) < 4.78 is 1.68. The van der Waals surface area contributed by atoms with Crippen LogP contribution in [-0.4, -0.2) is 26.8 Å². The van der Waals surface area contributed by atoms with Crippen molar-refractivity contribution in [1.82, 2.24) is 25.5 Å². The van der Waals surface area contributed by atoms with E-state index in [4.69, 9.17) is 0 Å². The smallest absolute Gasteiger partial charge is 0.213 e. The second-order valence-electron chi connectivity index (χ2n) is 5.30. The van der Waals surface area contributed by atoms with Crippen LogP contribution in [-0.2, 0) is 13.6 Å². The number of rotatable bonds is 6. The molecule has 108 valence electrons. The molecule has 0 aliphatic heterocycles. The van der Waals surface area contributed by atoms with E-state index in [0.717, 1.165) is 23.1 Å². The monoisotopic (exact) mass is 291 g/mol. The molecule has 0 atom stereocenters. The van der Waals surface area contributed by atoms with Crippen LogP contribution in [0.15, 0.2) is 28.3 Å². The Morgan fingerprint density at radius 2 is 2.15 bits per heavy atom. The molecular weight excluding hydrogens is 270 g/mol. The molecule has 2 aromatic rings. The SMILES string of the molecule is Cc1cc(Sc2nnnn2C)ccc1CNCC(C)C. The minimum atomic E-state index is 0.675. The number of hydrogen-bond donors (Lipinski definition) is 1. The van der Waals surface area contributed by atoms with Gasteiger partial charge in [-0.1, -0.05) is 19.9 Å². The van der Waals surface area contributed by atoms with Crippen LogP contribution in [0.5, 0.6) is 0 Å². The molecule has 6 heteroatoms. The molecule has 0 amide bonds. The molecule has 5 nitrogen and oxygen atoms in total. The van der Waals surface area contributed by atoms with Gasteiger partial charge < -0.3 is 5.32 Å². The van der Waals surface area contributed by atoms with Crippen molar-refractivity contribution in [2.24, 2.45) is 13.0 Å². The molecule has 1 aromatic heterocycles. The second-order valence-corrected chi connectivity index (χ2v) is 6.34. The van der Waals surface area contributed by atoms with Crippen LogP contribution < -0.4 is 5.32 Å². The van der Waals surface area contributed by atoms with E-state index in [-0.39, 0.29) is 0 Å². The fourth-order valence-corrected chi connectivity index (χ4v) is 2.67. The van der Waals surface area contributed by atoms with Gasteiger partial charge in [-0.2, -0.15) is 0 Å². The van der Waals surface area contributed by atoms with E-state index >= 15 is 0 Å². The van der Waals surface area contributed by atoms with Gasteiger partial charge in [0.2, 0.25) is 5.16 Å². The maximum Gasteiger partial charge on any atom is 0.213 e. The van der Waals surface area contributed by atoms with Crippen molar-refractivity contribution < 1.29 is 0 Å². The Bertz CT molecular complexity index is 564. The topological polar surface area (TPSA) is 55.6 Å². The first-order valence-electron chi connectivity index (χ1n) is 6.76. The molecule has 1 heterocycles. The predicted molar refractivity (Wildman–Crippen MR) is 80.6 cm³/mol. The molecule has 2 rings (SSSR count). The van der Waals surface area contributed by atoms with Crippen molar-refractivity contribution in [3.05, 3.63) is 29.3 Å². The highest BCUT2D eigenvalue weighted by Gasteiger charge is 2.06. The van der Waals surface area contributed by atoms with Gasteiger partial charge in [0.1, 0.15) is 0 Å². The Hall–Kier alpha value is -1.40. The molecule has 0 spiro atoms. The van der Waals surface area contributed by atoms with Crippen molar-refractivity contribution in [1.29, 1.82) is 0 Å². The lowest BCUT2D eigenvalue weighted by molar-refractivity contribution is 0.551. The second kappa shape index (κ2) is 6.85. The third-order valence-electron chi connectivity index (χ3n) is 2.97. The number of tetrazole rings is 1. The third kappa shape index (κ3) is 4.05. The maximum absolute atomic E-state index is 3.98. The molecular formula is C14H21N5S. The van der Waals surface area contributed by atoms with E-state index in [1.54, 1.807) is 16.4 Å². The van der Waals surface area contributed by atoms with Gasteiger partial charge in [-0.25, -0.2) is 4.68 Å². The molecule has 0 radical (unpaired) electrons. The summed E-state index contributed by atoms with van der Waals surface area (Å²) in [6, 6.07) is 6.49. The summed E-state index contributed by atoms with van der Waals surface area (Å²) in [6.07, 6.45) is 0. The van der Waals surface area contributed by atoms with Gasteiger partial charge >= 0.3 is 0 Å². The lowest BCUT2D eigenvalue weighted by Gasteiger charge is -2.11. The predicted octanol–water partition coefficient (Wildman–Crippen LogP) is 2.42. The highest BCUT2D eigenvalue weighted by Crippen LogP contribution is 2.26. The molecule has 0 aliphatic rings. The third-order valence-corrected chi connectivity index (χ3v) is 3.99. The fraction of sp³-hybridized carbons (Fsp3) is 0.500. The summed E-state index contributed by atoms with van der Waals surface area (Å²) in [5.41, 5.74) is 2.63. The van der Waals surface area contributed by atoms with Crippen molar-refractivity contribution in [2.75, 3.05) is 6.54 Å². The summed E-state index contributed by atoms with van der Waals surface area (Å²) >= 11 is 1.58. The summed E-state index contributed by atoms with van der Waals surface area (Å²) in [5.74, 6) is 0.675. The lowest BCUT2D eigenvalue weighted by atomic mass is 10.1. The van der Waals surface area contributed by atoms with E-state index in [0.29, 0.717) is 5.92 Å². The Kier molecular flexibility index (Phi) is 5.14. The lowest BCUT2D eigenvalue weighted by Crippen LogP contribution is -2.19. The zero-order valence-corrected chi connectivity index (χ0v) is 13.2. The molecule has 1 aromatic carbocycles. The Balaban J connectivity index is 2.00. The van der Waals surface area contributed by atoms with Crippen LogP contribution in [0.25, 0.3) is 0 Å². The van der Waals surface area contributed by atoms with Crippen LogP contribution >= 0.6 is 11.8 Å². The van der Waals surface area contributed by atoms with E-state index in [2.05, 4.69) is 59.8 Å². The van der Waals surface area contributed by atoms with Gasteiger partial charge in [-0.15, -0.1) is 5.10 Å². The van der Waals surface area contributed by atoms with E-state index in [1.165, 1.54) is 11.1 Å². The van der Waals surface area contributed by atoms with E-state index in [9.17, 15) is 0 Å². The van der Waals surface area contributed by atoms with Gasteiger partial charge in [-0.05, 0) is 64.8 Å². The van der Waals surface area contributed by atoms with Crippen LogP contribution in [0, 0.1) is 12.8 Å². The minimum Gasteiger partial charge on any atom is -0.312 e. The molecule has 20 heavy (non-hydrogen) atoms. The normalized spacial score (nSPS) is 11.2. The Labute approximate surface area is 124 Å². The van der Waals surface area contributed by atoms with Gasteiger partial charge in [-0.3, -0.25) is 0 Å². The van der Waals surface area contributed by atoms with Crippen molar-refractivity contribution >= 4 is 11.8 Å². The Morgan fingerprint density at radius 1 is 1.35 bits per heavy atom. The van der Waals surface area contributed by atoms with Crippen LogP contribution in [0.2, 0.25) is 0 Å². The summed E-state index contributed by atoms with van der Waals surface area (Å²) in [5, 5.41) is 15.7. The van der Waals surface area contributed by atoms with Gasteiger partial charge in [0.05, 0.1) is 0 Å². The fourth-order valence-electron chi connectivity index (χ4n) is 1.84. The van der Waals surface area contributed by atoms with Gasteiger partial charge in [0.15, 0.2) is 0 Å². The summed E-state index contributed by atoms with van der Waals surface area (Å²) in [7, 11) is 1.85. The first-order chi connectivity index (χ1) is 9.56. The average molecular weight is 291 g/mol. The van der Waals surface area contributed by atoms with Gasteiger partial charge in [0.25, 0.3) is 0 Å². The molecule has 0 saturated carbocycles. The number of aromatic nitrogens is 4. The van der Waals surface area contributed by atoms with Crippen molar-refractivity contribution in [2.45, 2.75) is 37.4 Å². The zero-order chi connectivity index (χ0) is 14.5. The van der Waals surface area contributed by atoms with Gasteiger partial charge in [0, 0.05) is 18.5 Å². The van der Waals surface area contributed by atoms with Crippen LogP contribution in [0.3, 0.4) is 0 Å². The van der Waals surface area contributed by atoms with Crippen molar-refractivity contribution in [3.8, 4) is 0 Å². The first kappa shape index (κ1) is 15.0. The highest BCUT2D eigenvalue weighted by atomic mass is 32.2. The molecule has 0 bridgehead atoms. The molecule has 0 saturated heterocycles. The van der Waals surface area contributed by atoms with Crippen molar-refractivity contribution in [3.63, 3.8) is 0 Å². The summed E-state index contributed by atoms with van der Waals surface area (Å²) in [4.78, 5) is 1.16. The Morgan fingerprint density at radius 3 is 2.75 bits per heavy atom. The minimum absolute atomic E-state index is 0.675. The van der Waals surface area contributed by atoms with Crippen LogP contribution in [0.4, 0.5) is 0 Å². The molecule has 1 N–H and O–H groups in total. The maximum atomic E-state index is 3.98. The highest BCUT2D eigenvalue weighted by molar-refractivity contribution is 7.99. The molecule has 0 aliphatic carbocycles. The standard InChI is InChI=1S/C14H21N5S/c1-10(2)8-15-9-12-5-6-13(7-11(12)3)20-14-16-17-18-19(14)4/h5-7,10,15H,8-9H2,1-4H3. The quantitative estimate of drug-likeness (QED) is 0.886. The summed E-state index contributed by atoms with van der Waals surface area (Å²) in [6.45, 7) is 8.54. The van der Waals surface area contributed by atoms with E-state index in [1.807, 2.05) is 7.05 Å².